The first-order valence-corrected chi connectivity index (χ1v) is 21.9. The highest BCUT2D eigenvalue weighted by Crippen LogP contribution is 2.11. The molecule has 8 heteroatoms. The molecule has 0 aromatic rings. The van der Waals surface area contributed by atoms with Crippen LogP contribution in [0, 0.1) is 0 Å². The van der Waals surface area contributed by atoms with Gasteiger partial charge < -0.3 is 28.6 Å². The lowest BCUT2D eigenvalue weighted by Crippen LogP contribution is -2.55. The summed E-state index contributed by atoms with van der Waals surface area (Å²) in [4.78, 5) is 36.8. The highest BCUT2D eigenvalue weighted by Gasteiger charge is 2.25. The van der Waals surface area contributed by atoms with Crippen molar-refractivity contribution >= 4 is 17.9 Å². The van der Waals surface area contributed by atoms with E-state index in [4.69, 9.17) is 14.2 Å². The van der Waals surface area contributed by atoms with Gasteiger partial charge in [0.05, 0.1) is 46.7 Å². The number of nitrogens with zero attached hydrogens (tertiary/aromatic N) is 1. The van der Waals surface area contributed by atoms with Crippen molar-refractivity contribution < 1.29 is 38.2 Å². The molecule has 0 aliphatic rings. The predicted molar refractivity (Wildman–Crippen MR) is 240 cm³/mol. The third-order valence-electron chi connectivity index (χ3n) is 8.94. The fourth-order valence-corrected chi connectivity index (χ4v) is 5.61. The topological polar surface area (TPSA) is 102 Å². The van der Waals surface area contributed by atoms with Crippen molar-refractivity contribution in [2.24, 2.45) is 0 Å². The van der Waals surface area contributed by atoms with Crippen molar-refractivity contribution in [2.45, 2.75) is 148 Å². The highest BCUT2D eigenvalue weighted by molar-refractivity contribution is 5.71. The molecule has 326 valence electrons. The summed E-state index contributed by atoms with van der Waals surface area (Å²) in [6.07, 6.45) is 54.3. The zero-order chi connectivity index (χ0) is 42.8. The number of rotatable bonds is 37. The van der Waals surface area contributed by atoms with Gasteiger partial charge in [0.15, 0.2) is 6.10 Å². The Balaban J connectivity index is 4.50. The zero-order valence-electron chi connectivity index (χ0n) is 36.9. The Bertz CT molecular complexity index is 1310. The second-order valence-corrected chi connectivity index (χ2v) is 15.2. The summed E-state index contributed by atoms with van der Waals surface area (Å²) >= 11 is 0. The number of unbranched alkanes of at least 4 members (excludes halogenated alkanes) is 6. The van der Waals surface area contributed by atoms with Crippen LogP contribution in [-0.2, 0) is 28.6 Å². The minimum atomic E-state index is -1.15. The van der Waals surface area contributed by atoms with E-state index in [0.29, 0.717) is 12.8 Å². The van der Waals surface area contributed by atoms with Crippen molar-refractivity contribution in [3.63, 3.8) is 0 Å². The number of hydrogen-bond donors (Lipinski definition) is 0. The first kappa shape index (κ1) is 54.0. The maximum Gasteiger partial charge on any atom is 0.310 e. The second-order valence-electron chi connectivity index (χ2n) is 15.2. The van der Waals surface area contributed by atoms with Gasteiger partial charge in [0.2, 0.25) is 0 Å². The average Bonchev–Trinajstić information content (AvgIpc) is 3.18. The highest BCUT2D eigenvalue weighted by atomic mass is 16.6. The molecule has 0 bridgehead atoms. The van der Waals surface area contributed by atoms with E-state index in [1.165, 1.54) is 12.8 Å². The van der Waals surface area contributed by atoms with Gasteiger partial charge in [-0.2, -0.15) is 0 Å². The van der Waals surface area contributed by atoms with Gasteiger partial charge in [0.25, 0.3) is 0 Å². The van der Waals surface area contributed by atoms with E-state index in [-0.39, 0.29) is 43.1 Å². The molecule has 0 fully saturated rings. The maximum absolute atomic E-state index is 12.7. The Kier molecular flexibility index (Phi) is 37.0. The number of carboxylic acid groups (broad SMARTS) is 1. The summed E-state index contributed by atoms with van der Waals surface area (Å²) < 4.78 is 17.0. The van der Waals surface area contributed by atoms with Crippen molar-refractivity contribution in [1.82, 2.24) is 0 Å². The molecule has 58 heavy (non-hydrogen) atoms. The second kappa shape index (κ2) is 39.8. The first-order chi connectivity index (χ1) is 28.1. The molecule has 0 aromatic heterocycles. The van der Waals surface area contributed by atoms with Crippen molar-refractivity contribution in [3.8, 4) is 0 Å². The molecule has 0 amide bonds. The number of likely N-dealkylation sites (N-methyl/N-ethyl adjacent to an activating group) is 1. The molecule has 8 nitrogen and oxygen atoms in total. The summed E-state index contributed by atoms with van der Waals surface area (Å²) in [5.74, 6) is -1.93. The van der Waals surface area contributed by atoms with E-state index in [1.54, 1.807) is 27.2 Å². The molecule has 0 saturated carbocycles. The number of aliphatic carboxylic acids is 1. The molecule has 0 spiro atoms. The molecule has 2 atom stereocenters. The van der Waals surface area contributed by atoms with Gasteiger partial charge in [-0.25, -0.2) is 0 Å². The monoisotopic (exact) mass is 806 g/mol. The third kappa shape index (κ3) is 37.6. The van der Waals surface area contributed by atoms with E-state index in [2.05, 4.69) is 111 Å². The molecule has 0 radical (unpaired) electrons. The maximum atomic E-state index is 12.7. The van der Waals surface area contributed by atoms with Crippen molar-refractivity contribution in [1.29, 1.82) is 0 Å². The van der Waals surface area contributed by atoms with Crippen LogP contribution in [0.1, 0.15) is 136 Å². The van der Waals surface area contributed by atoms with Crippen molar-refractivity contribution in [3.05, 3.63) is 109 Å². The van der Waals surface area contributed by atoms with Gasteiger partial charge in [0.1, 0.15) is 12.6 Å². The molecule has 0 heterocycles. The van der Waals surface area contributed by atoms with E-state index < -0.39 is 24.1 Å². The van der Waals surface area contributed by atoms with Crippen LogP contribution in [0.3, 0.4) is 0 Å². The van der Waals surface area contributed by atoms with Gasteiger partial charge in [-0.15, -0.1) is 0 Å². The predicted octanol–water partition coefficient (Wildman–Crippen LogP) is 10.7. The Labute approximate surface area is 353 Å². The summed E-state index contributed by atoms with van der Waals surface area (Å²) in [6, 6.07) is -0.750. The first-order valence-electron chi connectivity index (χ1n) is 21.9. The smallest absolute Gasteiger partial charge is 0.310 e. The number of allylic oxidation sites excluding steroid dienone is 17. The number of quaternary nitrogens is 1. The molecule has 0 aromatic carbocycles. The van der Waals surface area contributed by atoms with Gasteiger partial charge in [-0.1, -0.05) is 149 Å². The normalized spacial score (nSPS) is 14.0. The third-order valence-corrected chi connectivity index (χ3v) is 8.94. The number of esters is 2. The van der Waals surface area contributed by atoms with Crippen LogP contribution in [0.25, 0.3) is 0 Å². The zero-order valence-corrected chi connectivity index (χ0v) is 36.9. The van der Waals surface area contributed by atoms with Crippen LogP contribution < -0.4 is 5.11 Å². The Morgan fingerprint density at radius 3 is 1.43 bits per heavy atom. The van der Waals surface area contributed by atoms with E-state index in [9.17, 15) is 19.5 Å². The fraction of sp³-hybridized carbons (Fsp3) is 0.580. The Hall–Kier alpha value is -4.01. The molecule has 0 saturated heterocycles. The molecule has 0 N–H and O–H groups in total. The summed E-state index contributed by atoms with van der Waals surface area (Å²) in [5.41, 5.74) is 0. The molecule has 0 aliphatic carbocycles. The Morgan fingerprint density at radius 2 is 0.966 bits per heavy atom. The molecule has 0 rings (SSSR count). The summed E-state index contributed by atoms with van der Waals surface area (Å²) in [7, 11) is 5.35. The van der Waals surface area contributed by atoms with Gasteiger partial charge >= 0.3 is 11.9 Å². The minimum absolute atomic E-state index is 0.0114. The summed E-state index contributed by atoms with van der Waals surface area (Å²) in [6.45, 7) is 4.28. The lowest BCUT2D eigenvalue weighted by atomic mass is 10.1. The molecular formula is C50H79NO7. The van der Waals surface area contributed by atoms with E-state index in [1.807, 2.05) is 6.08 Å². The van der Waals surface area contributed by atoms with Gasteiger partial charge in [-0.05, 0) is 77.0 Å². The lowest BCUT2D eigenvalue weighted by Gasteiger charge is -2.34. The number of carbonyl (C=O) groups is 3. The number of ether oxygens (including phenoxy) is 3. The quantitative estimate of drug-likeness (QED) is 0.0267. The van der Waals surface area contributed by atoms with Crippen LogP contribution >= 0.6 is 0 Å². The van der Waals surface area contributed by atoms with Crippen LogP contribution in [0.5, 0.6) is 0 Å². The van der Waals surface area contributed by atoms with Crippen LogP contribution in [-0.4, -0.2) is 75.5 Å². The van der Waals surface area contributed by atoms with Crippen molar-refractivity contribution in [2.75, 3.05) is 41.0 Å². The number of carboxylic acids is 1. The van der Waals surface area contributed by atoms with E-state index >= 15 is 0 Å². The number of carbonyl (C=O) groups excluding carboxylic acids is 3. The molecule has 2 unspecified atom stereocenters. The minimum Gasteiger partial charge on any atom is -0.544 e. The standard InChI is InChI=1S/C50H79NO7/c1-6-8-10-12-14-16-18-20-22-23-24-25-27-28-30-32-34-36-38-40-48(52)57-45-46(44-56-43-42-47(50(54)55)51(3,4)5)58-49(53)41-39-37-35-33-31-29-26-21-19-17-15-13-11-9-7-2/h8-11,14-17,20-22,24-26,31,33,37,39,46-47H,6-7,12-13,18-19,23,27-30,32,34-36,38,40-45H2,1-5H3/b10-8-,11-9-,16-14-,17-15-,22-20-,25-24-,26-21-,33-31-,39-37-. The fourth-order valence-electron chi connectivity index (χ4n) is 5.61. The lowest BCUT2D eigenvalue weighted by molar-refractivity contribution is -0.889. The molecule has 0 aliphatic heterocycles. The van der Waals surface area contributed by atoms with E-state index in [0.717, 1.165) is 83.5 Å². The van der Waals surface area contributed by atoms with Crippen LogP contribution in [0.15, 0.2) is 109 Å². The van der Waals surface area contributed by atoms with Gasteiger partial charge in [-0.3, -0.25) is 9.59 Å². The number of hydrogen-bond acceptors (Lipinski definition) is 7. The van der Waals surface area contributed by atoms with Crippen LogP contribution in [0.4, 0.5) is 0 Å². The summed E-state index contributed by atoms with van der Waals surface area (Å²) in [5, 5.41) is 11.6. The van der Waals surface area contributed by atoms with Crippen LogP contribution in [0.2, 0.25) is 0 Å². The largest absolute Gasteiger partial charge is 0.544 e. The van der Waals surface area contributed by atoms with Gasteiger partial charge in [0, 0.05) is 12.8 Å². The average molecular weight is 806 g/mol. The molecular weight excluding hydrogens is 727 g/mol. The Morgan fingerprint density at radius 1 is 0.534 bits per heavy atom. The SMILES string of the molecule is CC/C=C\C/C=C\C/C=C\C/C=C\C/C=C\CC(=O)OC(COCCC(C(=O)[O-])[N+](C)(C)C)COC(=O)CCCCCCCC/C=C\C/C=C\C/C=C\C/C=C\CC.